The normalized spacial score (nSPS) is 13.1. The maximum atomic E-state index is 12.3. The number of imide groups is 1. The van der Waals surface area contributed by atoms with Crippen LogP contribution in [0.1, 0.15) is 39.1 Å². The summed E-state index contributed by atoms with van der Waals surface area (Å²) in [5.74, 6) is -0.563. The van der Waals surface area contributed by atoms with Gasteiger partial charge in [-0.15, -0.1) is 0 Å². The van der Waals surface area contributed by atoms with Crippen molar-refractivity contribution in [3.05, 3.63) is 69.7 Å². The molecule has 6 heteroatoms. The van der Waals surface area contributed by atoms with E-state index in [1.54, 1.807) is 36.2 Å². The van der Waals surface area contributed by atoms with E-state index >= 15 is 0 Å². The van der Waals surface area contributed by atoms with Crippen molar-refractivity contribution >= 4 is 33.7 Å². The van der Waals surface area contributed by atoms with Crippen LogP contribution in [0.15, 0.2) is 53.0 Å². The first kappa shape index (κ1) is 18.3. The van der Waals surface area contributed by atoms with Gasteiger partial charge in [0.1, 0.15) is 0 Å². The minimum absolute atomic E-state index is 0.00970. The van der Waals surface area contributed by atoms with Gasteiger partial charge < -0.3 is 4.90 Å². The first-order chi connectivity index (χ1) is 12.5. The molecule has 2 aromatic carbocycles. The van der Waals surface area contributed by atoms with Gasteiger partial charge in [-0.25, -0.2) is 0 Å². The van der Waals surface area contributed by atoms with E-state index in [0.29, 0.717) is 30.5 Å². The highest BCUT2D eigenvalue weighted by Gasteiger charge is 2.34. The number of hydrogen-bond acceptors (Lipinski definition) is 3. The van der Waals surface area contributed by atoms with Crippen LogP contribution in [0.5, 0.6) is 0 Å². The van der Waals surface area contributed by atoms with Crippen molar-refractivity contribution in [2.24, 2.45) is 0 Å². The summed E-state index contributed by atoms with van der Waals surface area (Å²) in [6, 6.07) is 14.6. The molecule has 134 valence electrons. The Morgan fingerprint density at radius 1 is 1.00 bits per heavy atom. The third kappa shape index (κ3) is 3.85. The van der Waals surface area contributed by atoms with Crippen LogP contribution in [0, 0.1) is 0 Å². The smallest absolute Gasteiger partial charge is 0.261 e. The second-order valence-corrected chi connectivity index (χ2v) is 7.20. The van der Waals surface area contributed by atoms with E-state index in [1.165, 1.54) is 4.90 Å². The summed E-state index contributed by atoms with van der Waals surface area (Å²) in [4.78, 5) is 39.8. The second kappa shape index (κ2) is 7.83. The Labute approximate surface area is 160 Å². The molecule has 0 N–H and O–H groups in total. The molecule has 0 unspecified atom stereocenters. The average molecular weight is 415 g/mol. The highest BCUT2D eigenvalue weighted by molar-refractivity contribution is 9.10. The quantitative estimate of drug-likeness (QED) is 0.679. The van der Waals surface area contributed by atoms with Crippen LogP contribution in [0.4, 0.5) is 0 Å². The van der Waals surface area contributed by atoms with E-state index in [2.05, 4.69) is 15.9 Å². The largest absolute Gasteiger partial charge is 0.341 e. The predicted octanol–water partition coefficient (Wildman–Crippen LogP) is 3.48. The molecule has 1 heterocycles. The molecule has 0 aromatic heterocycles. The molecule has 0 fully saturated rings. The third-order valence-electron chi connectivity index (χ3n) is 4.41. The molecule has 0 radical (unpaired) electrons. The summed E-state index contributed by atoms with van der Waals surface area (Å²) in [6.07, 6.45) is 0.745. The zero-order chi connectivity index (χ0) is 18.7. The fraction of sp³-hybridized carbons (Fsp3) is 0.250. The number of rotatable bonds is 6. The lowest BCUT2D eigenvalue weighted by molar-refractivity contribution is -0.130. The molecule has 3 amide bonds. The van der Waals surface area contributed by atoms with Gasteiger partial charge in [-0.05, 0) is 36.2 Å². The number of carbonyl (C=O) groups excluding carboxylic acids is 3. The van der Waals surface area contributed by atoms with E-state index in [0.717, 1.165) is 10.0 Å². The molecule has 0 aliphatic carbocycles. The zero-order valence-electron chi connectivity index (χ0n) is 14.4. The Balaban J connectivity index is 1.50. The van der Waals surface area contributed by atoms with E-state index in [-0.39, 0.29) is 24.3 Å². The van der Waals surface area contributed by atoms with E-state index < -0.39 is 0 Å². The van der Waals surface area contributed by atoms with Gasteiger partial charge in [-0.3, -0.25) is 19.3 Å². The number of amides is 3. The highest BCUT2D eigenvalue weighted by Crippen LogP contribution is 2.22. The van der Waals surface area contributed by atoms with Crippen LogP contribution in [-0.2, 0) is 11.3 Å². The number of halogens is 1. The maximum Gasteiger partial charge on any atom is 0.261 e. The summed E-state index contributed by atoms with van der Waals surface area (Å²) in [5.41, 5.74) is 1.93. The minimum atomic E-state index is -0.277. The van der Waals surface area contributed by atoms with Crippen molar-refractivity contribution < 1.29 is 14.4 Å². The second-order valence-electron chi connectivity index (χ2n) is 6.29. The SMILES string of the molecule is CN(Cc1ccc(Br)cc1)C(=O)CCCN1C(=O)c2ccccc2C1=O. The third-order valence-corrected chi connectivity index (χ3v) is 4.94. The minimum Gasteiger partial charge on any atom is -0.341 e. The van der Waals surface area contributed by atoms with Crippen LogP contribution < -0.4 is 0 Å². The van der Waals surface area contributed by atoms with Gasteiger partial charge in [0, 0.05) is 31.0 Å². The van der Waals surface area contributed by atoms with E-state index in [1.807, 2.05) is 24.3 Å². The van der Waals surface area contributed by atoms with Gasteiger partial charge in [0.15, 0.2) is 0 Å². The Kier molecular flexibility index (Phi) is 5.52. The standard InChI is InChI=1S/C20H19BrN2O3/c1-22(13-14-8-10-15(21)11-9-14)18(24)7-4-12-23-19(25)16-5-2-3-6-17(16)20(23)26/h2-3,5-6,8-11H,4,7,12-13H2,1H3. The van der Waals surface area contributed by atoms with Gasteiger partial charge >= 0.3 is 0 Å². The van der Waals surface area contributed by atoms with Gasteiger partial charge in [0.05, 0.1) is 11.1 Å². The van der Waals surface area contributed by atoms with Crippen molar-refractivity contribution in [2.75, 3.05) is 13.6 Å². The van der Waals surface area contributed by atoms with E-state index in [4.69, 9.17) is 0 Å². The lowest BCUT2D eigenvalue weighted by atomic mass is 10.1. The molecule has 0 spiro atoms. The Morgan fingerprint density at radius 2 is 1.58 bits per heavy atom. The predicted molar refractivity (Wildman–Crippen MR) is 102 cm³/mol. The van der Waals surface area contributed by atoms with Crippen molar-refractivity contribution in [3.63, 3.8) is 0 Å². The van der Waals surface area contributed by atoms with E-state index in [9.17, 15) is 14.4 Å². The topological polar surface area (TPSA) is 57.7 Å². The molecule has 3 rings (SSSR count). The summed E-state index contributed by atoms with van der Waals surface area (Å²) in [7, 11) is 1.76. The summed E-state index contributed by atoms with van der Waals surface area (Å²) in [5, 5.41) is 0. The maximum absolute atomic E-state index is 12.3. The molecule has 26 heavy (non-hydrogen) atoms. The molecule has 0 saturated carbocycles. The van der Waals surface area contributed by atoms with Crippen LogP contribution in [0.25, 0.3) is 0 Å². The molecule has 5 nitrogen and oxygen atoms in total. The van der Waals surface area contributed by atoms with Gasteiger partial charge in [-0.2, -0.15) is 0 Å². The lowest BCUT2D eigenvalue weighted by Crippen LogP contribution is -2.32. The van der Waals surface area contributed by atoms with Crippen molar-refractivity contribution in [1.29, 1.82) is 0 Å². The van der Waals surface area contributed by atoms with Crippen LogP contribution in [0.2, 0.25) is 0 Å². The average Bonchev–Trinajstić information content (AvgIpc) is 2.88. The fourth-order valence-corrected chi connectivity index (χ4v) is 3.24. The highest BCUT2D eigenvalue weighted by atomic mass is 79.9. The van der Waals surface area contributed by atoms with Gasteiger partial charge in [-0.1, -0.05) is 40.2 Å². The monoisotopic (exact) mass is 414 g/mol. The van der Waals surface area contributed by atoms with Crippen LogP contribution in [0.3, 0.4) is 0 Å². The van der Waals surface area contributed by atoms with Crippen molar-refractivity contribution in [2.45, 2.75) is 19.4 Å². The molecule has 1 aliphatic heterocycles. The Hall–Kier alpha value is -2.47. The van der Waals surface area contributed by atoms with Gasteiger partial charge in [0.2, 0.25) is 5.91 Å². The number of nitrogens with zero attached hydrogens (tertiary/aromatic N) is 2. The van der Waals surface area contributed by atoms with Crippen LogP contribution >= 0.6 is 15.9 Å². The molecule has 0 atom stereocenters. The summed E-state index contributed by atoms with van der Waals surface area (Å²) >= 11 is 3.39. The zero-order valence-corrected chi connectivity index (χ0v) is 16.0. The molecule has 0 bridgehead atoms. The lowest BCUT2D eigenvalue weighted by Gasteiger charge is -2.18. The van der Waals surface area contributed by atoms with Crippen molar-refractivity contribution in [3.8, 4) is 0 Å². The number of fused-ring (bicyclic) bond motifs is 1. The summed E-state index contributed by atoms with van der Waals surface area (Å²) in [6.45, 7) is 0.781. The Bertz CT molecular complexity index is 813. The number of hydrogen-bond donors (Lipinski definition) is 0. The van der Waals surface area contributed by atoms with Crippen molar-refractivity contribution in [1.82, 2.24) is 9.80 Å². The fourth-order valence-electron chi connectivity index (χ4n) is 2.97. The van der Waals surface area contributed by atoms with Gasteiger partial charge in [0.25, 0.3) is 11.8 Å². The Morgan fingerprint density at radius 3 is 2.15 bits per heavy atom. The molecular weight excluding hydrogens is 396 g/mol. The molecule has 2 aromatic rings. The molecular formula is C20H19BrN2O3. The first-order valence-electron chi connectivity index (χ1n) is 8.41. The number of carbonyl (C=O) groups is 3. The number of benzene rings is 2. The molecule has 1 aliphatic rings. The summed E-state index contributed by atoms with van der Waals surface area (Å²) < 4.78 is 0.996. The molecule has 0 saturated heterocycles. The van der Waals surface area contributed by atoms with Crippen LogP contribution in [-0.4, -0.2) is 41.1 Å². The first-order valence-corrected chi connectivity index (χ1v) is 9.20.